The Hall–Kier alpha value is -1.55. The number of carbonyl (C=O) groups is 1. The van der Waals surface area contributed by atoms with E-state index in [-0.39, 0.29) is 18.1 Å². The molecule has 2 amide bonds. The van der Waals surface area contributed by atoms with Gasteiger partial charge in [0.25, 0.3) is 0 Å². The maximum absolute atomic E-state index is 12.4. The van der Waals surface area contributed by atoms with E-state index < -0.39 is 0 Å². The molecule has 1 fully saturated rings. The first kappa shape index (κ1) is 16.8. The zero-order valence-electron chi connectivity index (χ0n) is 13.9. The summed E-state index contributed by atoms with van der Waals surface area (Å²) in [6.45, 7) is 5.73. The molecule has 0 aliphatic carbocycles. The van der Waals surface area contributed by atoms with Crippen LogP contribution >= 0.6 is 0 Å². The minimum absolute atomic E-state index is 0.00378. The summed E-state index contributed by atoms with van der Waals surface area (Å²) < 4.78 is 5.44. The van der Waals surface area contributed by atoms with Gasteiger partial charge in [-0.3, -0.25) is 0 Å². The Morgan fingerprint density at radius 1 is 1.27 bits per heavy atom. The van der Waals surface area contributed by atoms with Gasteiger partial charge in [-0.1, -0.05) is 30.3 Å². The van der Waals surface area contributed by atoms with Crippen LogP contribution in [0.1, 0.15) is 44.7 Å². The van der Waals surface area contributed by atoms with Crippen LogP contribution < -0.4 is 5.32 Å². The zero-order chi connectivity index (χ0) is 15.9. The molecule has 0 saturated carbocycles. The smallest absolute Gasteiger partial charge is 0.317 e. The van der Waals surface area contributed by atoms with Gasteiger partial charge in [-0.2, -0.15) is 0 Å². The average molecular weight is 304 g/mol. The molecule has 0 aromatic heterocycles. The molecule has 4 heteroatoms. The van der Waals surface area contributed by atoms with Crippen LogP contribution in [0, 0.1) is 5.92 Å². The van der Waals surface area contributed by atoms with E-state index in [1.165, 1.54) is 5.56 Å². The van der Waals surface area contributed by atoms with Crippen molar-refractivity contribution < 1.29 is 9.53 Å². The number of nitrogens with zero attached hydrogens (tertiary/aromatic N) is 1. The maximum Gasteiger partial charge on any atom is 0.317 e. The highest BCUT2D eigenvalue weighted by atomic mass is 16.5. The molecule has 4 nitrogen and oxygen atoms in total. The second-order valence-corrected chi connectivity index (χ2v) is 6.41. The number of hydrogen-bond acceptors (Lipinski definition) is 2. The Balaban J connectivity index is 2.06. The highest BCUT2D eigenvalue weighted by molar-refractivity contribution is 5.74. The average Bonchev–Trinajstić information content (AvgIpc) is 2.55. The topological polar surface area (TPSA) is 41.6 Å². The fraction of sp³-hybridized carbons (Fsp3) is 0.611. The number of urea groups is 1. The minimum atomic E-state index is -0.00378. The number of benzene rings is 1. The molecule has 1 N–H and O–H groups in total. The first-order valence-electron chi connectivity index (χ1n) is 8.24. The van der Waals surface area contributed by atoms with Gasteiger partial charge in [0.2, 0.25) is 0 Å². The first-order valence-corrected chi connectivity index (χ1v) is 8.24. The normalized spacial score (nSPS) is 17.3. The molecule has 1 aliphatic heterocycles. The van der Waals surface area contributed by atoms with Crippen LogP contribution in [0.2, 0.25) is 0 Å². The molecule has 1 heterocycles. The number of rotatable bonds is 5. The Labute approximate surface area is 133 Å². The zero-order valence-corrected chi connectivity index (χ0v) is 13.9. The quantitative estimate of drug-likeness (QED) is 0.903. The second-order valence-electron chi connectivity index (χ2n) is 6.41. The van der Waals surface area contributed by atoms with Gasteiger partial charge in [-0.15, -0.1) is 0 Å². The largest absolute Gasteiger partial charge is 0.381 e. The van der Waals surface area contributed by atoms with Gasteiger partial charge in [0.1, 0.15) is 0 Å². The Morgan fingerprint density at radius 2 is 1.91 bits per heavy atom. The Kier molecular flexibility index (Phi) is 6.25. The molecule has 1 aromatic rings. The third-order valence-electron chi connectivity index (χ3n) is 4.50. The van der Waals surface area contributed by atoms with E-state index in [4.69, 9.17) is 4.74 Å². The van der Waals surface area contributed by atoms with Crippen LogP contribution in [0.4, 0.5) is 4.79 Å². The molecular weight excluding hydrogens is 276 g/mol. The molecule has 1 atom stereocenters. The standard InChI is InChI=1S/C18H28N2O2/c1-14(2)20(3)18(21)19-17(16-7-5-4-6-8-16)13-15-9-11-22-12-10-15/h4-8,14-15,17H,9-13H2,1-3H3,(H,19,21). The van der Waals surface area contributed by atoms with Gasteiger partial charge >= 0.3 is 6.03 Å². The van der Waals surface area contributed by atoms with Gasteiger partial charge in [0, 0.05) is 26.3 Å². The van der Waals surface area contributed by atoms with Crippen molar-refractivity contribution in [1.29, 1.82) is 0 Å². The van der Waals surface area contributed by atoms with Gasteiger partial charge in [-0.25, -0.2) is 4.79 Å². The molecule has 1 unspecified atom stereocenters. The van der Waals surface area contributed by atoms with Crippen LogP contribution in [-0.2, 0) is 4.74 Å². The molecule has 2 rings (SSSR count). The predicted octanol–water partition coefficient (Wildman–Crippen LogP) is 3.59. The Morgan fingerprint density at radius 3 is 2.50 bits per heavy atom. The fourth-order valence-electron chi connectivity index (χ4n) is 2.76. The van der Waals surface area contributed by atoms with Crippen molar-refractivity contribution in [3.05, 3.63) is 35.9 Å². The molecule has 122 valence electrons. The van der Waals surface area contributed by atoms with Gasteiger partial charge < -0.3 is 15.0 Å². The molecule has 22 heavy (non-hydrogen) atoms. The summed E-state index contributed by atoms with van der Waals surface area (Å²) in [6, 6.07) is 10.5. The third kappa shape index (κ3) is 4.73. The molecule has 1 aromatic carbocycles. The van der Waals surface area contributed by atoms with Crippen LogP contribution in [0.5, 0.6) is 0 Å². The van der Waals surface area contributed by atoms with Crippen molar-refractivity contribution in [3.8, 4) is 0 Å². The van der Waals surface area contributed by atoms with Crippen molar-refractivity contribution in [3.63, 3.8) is 0 Å². The van der Waals surface area contributed by atoms with Crippen molar-refractivity contribution in [2.75, 3.05) is 20.3 Å². The highest BCUT2D eigenvalue weighted by Gasteiger charge is 2.23. The van der Waals surface area contributed by atoms with Gasteiger partial charge in [-0.05, 0) is 44.6 Å². The highest BCUT2D eigenvalue weighted by Crippen LogP contribution is 2.27. The molecule has 0 radical (unpaired) electrons. The van der Waals surface area contributed by atoms with Crippen molar-refractivity contribution in [2.45, 2.75) is 45.2 Å². The molecular formula is C18H28N2O2. The number of nitrogens with one attached hydrogen (secondary N) is 1. The number of hydrogen-bond donors (Lipinski definition) is 1. The van der Waals surface area contributed by atoms with E-state index in [1.807, 2.05) is 39.1 Å². The van der Waals surface area contributed by atoms with E-state index in [2.05, 4.69) is 17.4 Å². The lowest BCUT2D eigenvalue weighted by molar-refractivity contribution is 0.0606. The first-order chi connectivity index (χ1) is 10.6. The molecule has 0 bridgehead atoms. The number of carbonyl (C=O) groups excluding carboxylic acids is 1. The lowest BCUT2D eigenvalue weighted by Crippen LogP contribution is -2.43. The van der Waals surface area contributed by atoms with Gasteiger partial charge in [0.15, 0.2) is 0 Å². The summed E-state index contributed by atoms with van der Waals surface area (Å²) in [7, 11) is 1.84. The van der Waals surface area contributed by atoms with Crippen LogP contribution in [0.25, 0.3) is 0 Å². The summed E-state index contributed by atoms with van der Waals surface area (Å²) >= 11 is 0. The lowest BCUT2D eigenvalue weighted by Gasteiger charge is -2.30. The predicted molar refractivity (Wildman–Crippen MR) is 88.8 cm³/mol. The maximum atomic E-state index is 12.4. The number of ether oxygens (including phenoxy) is 1. The SMILES string of the molecule is CC(C)N(C)C(=O)NC(CC1CCOCC1)c1ccccc1. The van der Waals surface area contributed by atoms with E-state index >= 15 is 0 Å². The lowest BCUT2D eigenvalue weighted by atomic mass is 9.89. The van der Waals surface area contributed by atoms with Crippen LogP contribution in [-0.4, -0.2) is 37.2 Å². The third-order valence-corrected chi connectivity index (χ3v) is 4.50. The minimum Gasteiger partial charge on any atom is -0.381 e. The summed E-state index contributed by atoms with van der Waals surface area (Å²) in [6.07, 6.45) is 3.14. The van der Waals surface area contributed by atoms with Crippen LogP contribution in [0.15, 0.2) is 30.3 Å². The fourth-order valence-corrected chi connectivity index (χ4v) is 2.76. The molecule has 1 saturated heterocycles. The van der Waals surface area contributed by atoms with E-state index in [1.54, 1.807) is 4.90 Å². The second kappa shape index (κ2) is 8.18. The van der Waals surface area contributed by atoms with E-state index in [0.29, 0.717) is 5.92 Å². The monoisotopic (exact) mass is 304 g/mol. The summed E-state index contributed by atoms with van der Waals surface area (Å²) in [5.74, 6) is 0.614. The molecule has 1 aliphatic rings. The van der Waals surface area contributed by atoms with Crippen molar-refractivity contribution >= 4 is 6.03 Å². The summed E-state index contributed by atoms with van der Waals surface area (Å²) in [5.41, 5.74) is 1.18. The Bertz CT molecular complexity index is 455. The van der Waals surface area contributed by atoms with Crippen LogP contribution in [0.3, 0.4) is 0 Å². The van der Waals surface area contributed by atoms with Crippen molar-refractivity contribution in [2.24, 2.45) is 5.92 Å². The summed E-state index contributed by atoms with van der Waals surface area (Å²) in [4.78, 5) is 14.1. The molecule has 0 spiro atoms. The summed E-state index contributed by atoms with van der Waals surface area (Å²) in [5, 5.41) is 3.21. The van der Waals surface area contributed by atoms with E-state index in [9.17, 15) is 4.79 Å². The van der Waals surface area contributed by atoms with Crippen molar-refractivity contribution in [1.82, 2.24) is 10.2 Å². The van der Waals surface area contributed by atoms with E-state index in [0.717, 1.165) is 32.5 Å². The van der Waals surface area contributed by atoms with Gasteiger partial charge in [0.05, 0.1) is 6.04 Å². The number of amides is 2.